The predicted octanol–water partition coefficient (Wildman–Crippen LogP) is 1.92. The fraction of sp³-hybridized carbons (Fsp3) is 0.533. The van der Waals surface area contributed by atoms with Gasteiger partial charge in [0, 0.05) is 18.0 Å². The first-order chi connectivity index (χ1) is 10.2. The van der Waals surface area contributed by atoms with Crippen molar-refractivity contribution in [3.63, 3.8) is 0 Å². The van der Waals surface area contributed by atoms with Crippen molar-refractivity contribution < 1.29 is 4.74 Å². The average molecular weight is 288 g/mol. The van der Waals surface area contributed by atoms with Crippen LogP contribution in [0.4, 0.5) is 0 Å². The van der Waals surface area contributed by atoms with Crippen LogP contribution in [-0.2, 0) is 6.54 Å². The lowest BCUT2D eigenvalue weighted by Crippen LogP contribution is -2.23. The van der Waals surface area contributed by atoms with E-state index < -0.39 is 0 Å². The number of methoxy groups -OCH3 is 1. The molecule has 1 aliphatic rings. The Morgan fingerprint density at radius 1 is 1.38 bits per heavy atom. The minimum absolute atomic E-state index is 0.116. The zero-order chi connectivity index (χ0) is 14.8. The third-order valence-electron chi connectivity index (χ3n) is 3.97. The molecule has 0 aliphatic heterocycles. The first kappa shape index (κ1) is 13.9. The summed E-state index contributed by atoms with van der Waals surface area (Å²) in [6, 6.07) is 4.31. The number of hydrogen-bond donors (Lipinski definition) is 0. The molecule has 6 nitrogen and oxygen atoms in total. The summed E-state index contributed by atoms with van der Waals surface area (Å²) >= 11 is 0. The molecule has 2 aromatic heterocycles. The van der Waals surface area contributed by atoms with E-state index in [2.05, 4.69) is 10.1 Å². The van der Waals surface area contributed by atoms with Crippen LogP contribution in [0.2, 0.25) is 0 Å². The number of aromatic nitrogens is 4. The summed E-state index contributed by atoms with van der Waals surface area (Å²) in [5.41, 5.74) is 1.40. The van der Waals surface area contributed by atoms with Crippen molar-refractivity contribution >= 4 is 0 Å². The molecule has 0 radical (unpaired) electrons. The van der Waals surface area contributed by atoms with Gasteiger partial charge in [-0.1, -0.05) is 12.8 Å². The van der Waals surface area contributed by atoms with Gasteiger partial charge in [0.2, 0.25) is 0 Å². The van der Waals surface area contributed by atoms with Crippen LogP contribution in [0, 0.1) is 6.92 Å². The van der Waals surface area contributed by atoms with Crippen LogP contribution >= 0.6 is 0 Å². The van der Waals surface area contributed by atoms with Gasteiger partial charge in [-0.3, -0.25) is 14.0 Å². The normalized spacial score (nSPS) is 15.5. The van der Waals surface area contributed by atoms with Gasteiger partial charge in [0.05, 0.1) is 25.4 Å². The van der Waals surface area contributed by atoms with Crippen molar-refractivity contribution in [1.82, 2.24) is 19.3 Å². The summed E-state index contributed by atoms with van der Waals surface area (Å²) in [6.07, 6.45) is 6.93. The minimum atomic E-state index is -0.116. The van der Waals surface area contributed by atoms with Gasteiger partial charge in [-0.05, 0) is 25.8 Å². The Hall–Kier alpha value is -2.11. The monoisotopic (exact) mass is 288 g/mol. The smallest absolute Gasteiger partial charge is 0.299 e. The maximum absolute atomic E-state index is 12.1. The molecule has 112 valence electrons. The van der Waals surface area contributed by atoms with Gasteiger partial charge in [-0.25, -0.2) is 4.98 Å². The standard InChI is InChI=1S/C15H20N4O2/c1-11-9-14(20)18(15(16-11)21-2)10-12-7-8-19(17-12)13-5-3-4-6-13/h7-9,13H,3-6,10H2,1-2H3. The van der Waals surface area contributed by atoms with Gasteiger partial charge in [0.25, 0.3) is 11.6 Å². The summed E-state index contributed by atoms with van der Waals surface area (Å²) < 4.78 is 8.74. The van der Waals surface area contributed by atoms with Gasteiger partial charge in [-0.2, -0.15) is 5.10 Å². The molecule has 0 amide bonds. The van der Waals surface area contributed by atoms with Gasteiger partial charge in [-0.15, -0.1) is 0 Å². The number of aryl methyl sites for hydroxylation is 1. The molecule has 2 aromatic rings. The first-order valence-corrected chi connectivity index (χ1v) is 7.34. The molecule has 6 heteroatoms. The fourth-order valence-corrected chi connectivity index (χ4v) is 2.89. The molecule has 1 aliphatic carbocycles. The number of nitrogens with zero attached hydrogens (tertiary/aromatic N) is 4. The van der Waals surface area contributed by atoms with E-state index in [1.165, 1.54) is 43.4 Å². The maximum Gasteiger partial charge on any atom is 0.299 e. The second-order valence-corrected chi connectivity index (χ2v) is 5.53. The Morgan fingerprint density at radius 2 is 2.14 bits per heavy atom. The zero-order valence-electron chi connectivity index (χ0n) is 12.5. The Bertz CT molecular complexity index is 683. The molecule has 0 N–H and O–H groups in total. The van der Waals surface area contributed by atoms with Gasteiger partial charge in [0.1, 0.15) is 0 Å². The van der Waals surface area contributed by atoms with E-state index >= 15 is 0 Å². The number of ether oxygens (including phenoxy) is 1. The Kier molecular flexibility index (Phi) is 3.77. The van der Waals surface area contributed by atoms with Crippen molar-refractivity contribution in [1.29, 1.82) is 0 Å². The molecular formula is C15H20N4O2. The van der Waals surface area contributed by atoms with E-state index in [9.17, 15) is 4.79 Å². The molecule has 0 saturated heterocycles. The molecule has 0 atom stereocenters. The molecule has 0 bridgehead atoms. The highest BCUT2D eigenvalue weighted by Gasteiger charge is 2.18. The summed E-state index contributed by atoms with van der Waals surface area (Å²) in [5, 5.41) is 4.60. The largest absolute Gasteiger partial charge is 0.468 e. The average Bonchev–Trinajstić information content (AvgIpc) is 3.12. The lowest BCUT2D eigenvalue weighted by atomic mass is 10.3. The molecular weight excluding hydrogens is 268 g/mol. The van der Waals surface area contributed by atoms with Crippen LogP contribution in [0.25, 0.3) is 0 Å². The molecule has 0 spiro atoms. The summed E-state index contributed by atoms with van der Waals surface area (Å²) in [6.45, 7) is 2.16. The topological polar surface area (TPSA) is 61.9 Å². The summed E-state index contributed by atoms with van der Waals surface area (Å²) in [4.78, 5) is 16.3. The quantitative estimate of drug-likeness (QED) is 0.862. The van der Waals surface area contributed by atoms with Crippen LogP contribution < -0.4 is 10.3 Å². The highest BCUT2D eigenvalue weighted by atomic mass is 16.5. The second kappa shape index (κ2) is 5.71. The van der Waals surface area contributed by atoms with Crippen molar-refractivity contribution in [2.24, 2.45) is 0 Å². The Morgan fingerprint density at radius 3 is 2.86 bits per heavy atom. The SMILES string of the molecule is COc1nc(C)cc(=O)n1Cc1ccn(C2CCCC2)n1. The van der Waals surface area contributed by atoms with E-state index in [4.69, 9.17) is 4.74 Å². The summed E-state index contributed by atoms with van der Waals surface area (Å²) in [5.74, 6) is 0. The van der Waals surface area contributed by atoms with E-state index in [1.807, 2.05) is 16.9 Å². The van der Waals surface area contributed by atoms with Crippen molar-refractivity contribution in [3.8, 4) is 6.01 Å². The highest BCUT2D eigenvalue weighted by molar-refractivity contribution is 5.10. The van der Waals surface area contributed by atoms with E-state index in [0.717, 1.165) is 5.69 Å². The number of hydrogen-bond acceptors (Lipinski definition) is 4. The minimum Gasteiger partial charge on any atom is -0.468 e. The Labute approximate surface area is 123 Å². The van der Waals surface area contributed by atoms with Crippen LogP contribution in [0.3, 0.4) is 0 Å². The lowest BCUT2D eigenvalue weighted by Gasteiger charge is -2.10. The predicted molar refractivity (Wildman–Crippen MR) is 78.6 cm³/mol. The third-order valence-corrected chi connectivity index (χ3v) is 3.97. The molecule has 1 saturated carbocycles. The van der Waals surface area contributed by atoms with Crippen molar-refractivity contribution in [2.75, 3.05) is 7.11 Å². The van der Waals surface area contributed by atoms with Crippen LogP contribution in [0.5, 0.6) is 6.01 Å². The fourth-order valence-electron chi connectivity index (χ4n) is 2.89. The zero-order valence-corrected chi connectivity index (χ0v) is 12.5. The molecule has 2 heterocycles. The number of rotatable bonds is 4. The van der Waals surface area contributed by atoms with Crippen LogP contribution in [0.15, 0.2) is 23.1 Å². The maximum atomic E-state index is 12.1. The first-order valence-electron chi connectivity index (χ1n) is 7.34. The van der Waals surface area contributed by atoms with Crippen LogP contribution in [0.1, 0.15) is 43.1 Å². The second-order valence-electron chi connectivity index (χ2n) is 5.53. The third kappa shape index (κ3) is 2.84. The van der Waals surface area contributed by atoms with Gasteiger partial charge < -0.3 is 4.74 Å². The molecule has 0 unspecified atom stereocenters. The Balaban J connectivity index is 1.85. The van der Waals surface area contributed by atoms with E-state index in [-0.39, 0.29) is 5.56 Å². The molecule has 1 fully saturated rings. The van der Waals surface area contributed by atoms with E-state index in [0.29, 0.717) is 24.3 Å². The highest BCUT2D eigenvalue weighted by Crippen LogP contribution is 2.28. The van der Waals surface area contributed by atoms with Gasteiger partial charge in [0.15, 0.2) is 0 Å². The molecule has 3 rings (SSSR count). The lowest BCUT2D eigenvalue weighted by molar-refractivity contribution is 0.348. The van der Waals surface area contributed by atoms with Gasteiger partial charge >= 0.3 is 0 Å². The van der Waals surface area contributed by atoms with Crippen molar-refractivity contribution in [2.45, 2.75) is 45.2 Å². The molecule has 0 aromatic carbocycles. The van der Waals surface area contributed by atoms with E-state index in [1.54, 1.807) is 6.92 Å². The van der Waals surface area contributed by atoms with Crippen LogP contribution in [-0.4, -0.2) is 26.4 Å². The molecule has 21 heavy (non-hydrogen) atoms. The summed E-state index contributed by atoms with van der Waals surface area (Å²) in [7, 11) is 1.52. The van der Waals surface area contributed by atoms with Crippen molar-refractivity contribution in [3.05, 3.63) is 40.1 Å².